The summed E-state index contributed by atoms with van der Waals surface area (Å²) in [7, 11) is 0. The predicted molar refractivity (Wildman–Crippen MR) is 115 cm³/mol. The highest BCUT2D eigenvalue weighted by molar-refractivity contribution is 5.79. The zero-order valence-electron chi connectivity index (χ0n) is 18.4. The molecule has 0 fully saturated rings. The number of benzene rings is 1. The molecule has 2 amide bonds. The number of nitrogens with one attached hydrogen (secondary N) is 1. The Morgan fingerprint density at radius 3 is 2.68 bits per heavy atom. The lowest BCUT2D eigenvalue weighted by Crippen LogP contribution is -2.45. The van der Waals surface area contributed by atoms with Gasteiger partial charge in [0.05, 0.1) is 6.42 Å². The zero-order chi connectivity index (χ0) is 22.4. The number of carbonyl (C=O) groups is 2. The van der Waals surface area contributed by atoms with Gasteiger partial charge in [0, 0.05) is 31.5 Å². The quantitative estimate of drug-likeness (QED) is 0.729. The summed E-state index contributed by atoms with van der Waals surface area (Å²) in [5.41, 5.74) is 1.15. The van der Waals surface area contributed by atoms with E-state index in [4.69, 9.17) is 14.2 Å². The van der Waals surface area contributed by atoms with Gasteiger partial charge in [0.25, 0.3) is 0 Å². The van der Waals surface area contributed by atoms with Crippen molar-refractivity contribution in [1.82, 2.24) is 15.2 Å². The van der Waals surface area contributed by atoms with Gasteiger partial charge in [0.15, 0.2) is 11.5 Å². The fourth-order valence-electron chi connectivity index (χ4n) is 3.19. The smallest absolute Gasteiger partial charge is 0.407 e. The van der Waals surface area contributed by atoms with E-state index < -0.39 is 11.7 Å². The van der Waals surface area contributed by atoms with Gasteiger partial charge in [-0.2, -0.15) is 0 Å². The third kappa shape index (κ3) is 6.87. The largest absolute Gasteiger partial charge is 0.454 e. The van der Waals surface area contributed by atoms with Gasteiger partial charge in [-0.3, -0.25) is 9.78 Å². The van der Waals surface area contributed by atoms with Crippen LogP contribution in [0.1, 0.15) is 38.8 Å². The van der Waals surface area contributed by atoms with E-state index in [1.54, 1.807) is 38.1 Å². The van der Waals surface area contributed by atoms with Gasteiger partial charge in [-0.1, -0.05) is 12.1 Å². The van der Waals surface area contributed by atoms with Crippen LogP contribution in [0, 0.1) is 0 Å². The Kier molecular flexibility index (Phi) is 6.99. The van der Waals surface area contributed by atoms with Gasteiger partial charge in [-0.15, -0.1) is 0 Å². The number of nitrogens with zero attached hydrogens (tertiary/aromatic N) is 2. The molecule has 0 bridgehead atoms. The van der Waals surface area contributed by atoms with Crippen molar-refractivity contribution in [1.29, 1.82) is 0 Å². The molecule has 1 aliphatic heterocycles. The second kappa shape index (κ2) is 9.68. The van der Waals surface area contributed by atoms with Crippen LogP contribution >= 0.6 is 0 Å². The molecule has 1 aromatic heterocycles. The molecule has 1 aromatic carbocycles. The zero-order valence-corrected chi connectivity index (χ0v) is 18.4. The van der Waals surface area contributed by atoms with Crippen LogP contribution in [0.2, 0.25) is 0 Å². The number of hydrogen-bond donors (Lipinski definition) is 1. The Morgan fingerprint density at radius 2 is 1.97 bits per heavy atom. The second-order valence-corrected chi connectivity index (χ2v) is 8.55. The summed E-state index contributed by atoms with van der Waals surface area (Å²) in [6.45, 7) is 8.17. The van der Waals surface area contributed by atoms with Crippen molar-refractivity contribution in [3.63, 3.8) is 0 Å². The summed E-state index contributed by atoms with van der Waals surface area (Å²) in [5, 5.41) is 2.80. The lowest BCUT2D eigenvalue weighted by atomic mass is 10.1. The van der Waals surface area contributed by atoms with Gasteiger partial charge in [0.1, 0.15) is 5.60 Å². The SMILES string of the molecule is C[C@H](CN(Cc1cccnc1)C(=O)Cc1ccc2c(c1)OCO2)NC(=O)OC(C)(C)C. The standard InChI is InChI=1S/C23H29N3O5/c1-16(25-22(28)31-23(2,3)4)13-26(14-18-6-5-9-24-12-18)21(27)11-17-7-8-19-20(10-17)30-15-29-19/h5-10,12,16H,11,13-15H2,1-4H3,(H,25,28)/t16-/m1/s1. The van der Waals surface area contributed by atoms with Crippen molar-refractivity contribution >= 4 is 12.0 Å². The third-order valence-corrected chi connectivity index (χ3v) is 4.50. The Balaban J connectivity index is 1.68. The molecule has 3 rings (SSSR count). The van der Waals surface area contributed by atoms with Gasteiger partial charge >= 0.3 is 6.09 Å². The number of ether oxygens (including phenoxy) is 3. The summed E-state index contributed by atoms with van der Waals surface area (Å²) in [5.74, 6) is 1.25. The number of rotatable bonds is 7. The summed E-state index contributed by atoms with van der Waals surface area (Å²) >= 11 is 0. The average Bonchev–Trinajstić information content (AvgIpc) is 3.14. The third-order valence-electron chi connectivity index (χ3n) is 4.50. The van der Waals surface area contributed by atoms with Gasteiger partial charge in [-0.05, 0) is 57.0 Å². The first-order valence-electron chi connectivity index (χ1n) is 10.2. The molecule has 2 heterocycles. The molecule has 2 aromatic rings. The van der Waals surface area contributed by atoms with Crippen molar-refractivity contribution in [3.8, 4) is 11.5 Å². The maximum absolute atomic E-state index is 13.2. The molecule has 1 atom stereocenters. The first kappa shape index (κ1) is 22.4. The van der Waals surface area contributed by atoms with Crippen LogP contribution in [-0.2, 0) is 22.5 Å². The van der Waals surface area contributed by atoms with E-state index >= 15 is 0 Å². The topological polar surface area (TPSA) is 90.0 Å². The number of pyridine rings is 1. The number of alkyl carbamates (subject to hydrolysis) is 1. The van der Waals surface area contributed by atoms with Crippen LogP contribution < -0.4 is 14.8 Å². The van der Waals surface area contributed by atoms with Crippen molar-refractivity contribution in [2.45, 2.75) is 52.3 Å². The molecule has 1 N–H and O–H groups in total. The molecule has 8 nitrogen and oxygen atoms in total. The van der Waals surface area contributed by atoms with Crippen LogP contribution in [0.3, 0.4) is 0 Å². The van der Waals surface area contributed by atoms with E-state index in [1.807, 2.05) is 37.3 Å². The summed E-state index contributed by atoms with van der Waals surface area (Å²) in [6.07, 6.45) is 3.11. The fourth-order valence-corrected chi connectivity index (χ4v) is 3.19. The van der Waals surface area contributed by atoms with E-state index in [9.17, 15) is 9.59 Å². The highest BCUT2D eigenvalue weighted by Gasteiger charge is 2.22. The fraction of sp³-hybridized carbons (Fsp3) is 0.435. The molecular weight excluding hydrogens is 398 g/mol. The van der Waals surface area contributed by atoms with Crippen LogP contribution in [0.4, 0.5) is 4.79 Å². The molecule has 0 unspecified atom stereocenters. The minimum atomic E-state index is -0.589. The summed E-state index contributed by atoms with van der Waals surface area (Å²) in [4.78, 5) is 31.1. The Morgan fingerprint density at radius 1 is 1.19 bits per heavy atom. The lowest BCUT2D eigenvalue weighted by molar-refractivity contribution is -0.131. The molecule has 0 saturated heterocycles. The normalized spacial score (nSPS) is 13.4. The van der Waals surface area contributed by atoms with Crippen LogP contribution in [-0.4, -0.2) is 46.9 Å². The van der Waals surface area contributed by atoms with Crippen molar-refractivity contribution in [2.75, 3.05) is 13.3 Å². The highest BCUT2D eigenvalue weighted by Crippen LogP contribution is 2.32. The first-order chi connectivity index (χ1) is 14.7. The summed E-state index contributed by atoms with van der Waals surface area (Å²) in [6, 6.07) is 8.94. The van der Waals surface area contributed by atoms with E-state index in [-0.39, 0.29) is 25.2 Å². The average molecular weight is 428 g/mol. The summed E-state index contributed by atoms with van der Waals surface area (Å²) < 4.78 is 16.1. The van der Waals surface area contributed by atoms with E-state index in [2.05, 4.69) is 10.3 Å². The molecular formula is C23H29N3O5. The van der Waals surface area contributed by atoms with Gasteiger partial charge in [-0.25, -0.2) is 4.79 Å². The van der Waals surface area contributed by atoms with Crippen LogP contribution in [0.15, 0.2) is 42.7 Å². The Labute approximate surface area is 182 Å². The lowest BCUT2D eigenvalue weighted by Gasteiger charge is -2.28. The Hall–Kier alpha value is -3.29. The van der Waals surface area contributed by atoms with Crippen molar-refractivity contribution < 1.29 is 23.8 Å². The molecule has 0 spiro atoms. The maximum atomic E-state index is 13.2. The molecule has 0 saturated carbocycles. The highest BCUT2D eigenvalue weighted by atomic mass is 16.7. The van der Waals surface area contributed by atoms with Crippen LogP contribution in [0.25, 0.3) is 0 Å². The number of hydrogen-bond acceptors (Lipinski definition) is 6. The maximum Gasteiger partial charge on any atom is 0.407 e. The van der Waals surface area contributed by atoms with Gasteiger partial charge in [0.2, 0.25) is 12.7 Å². The van der Waals surface area contributed by atoms with E-state index in [0.717, 1.165) is 11.1 Å². The van der Waals surface area contributed by atoms with E-state index in [1.165, 1.54) is 0 Å². The van der Waals surface area contributed by atoms with Crippen molar-refractivity contribution in [3.05, 3.63) is 53.9 Å². The number of aromatic nitrogens is 1. The number of amides is 2. The van der Waals surface area contributed by atoms with Gasteiger partial charge < -0.3 is 24.4 Å². The molecule has 31 heavy (non-hydrogen) atoms. The number of carbonyl (C=O) groups excluding carboxylic acids is 2. The monoisotopic (exact) mass is 427 g/mol. The molecule has 8 heteroatoms. The van der Waals surface area contributed by atoms with Crippen molar-refractivity contribution in [2.24, 2.45) is 0 Å². The molecule has 166 valence electrons. The predicted octanol–water partition coefficient (Wildman–Crippen LogP) is 3.29. The second-order valence-electron chi connectivity index (χ2n) is 8.55. The molecule has 0 aliphatic carbocycles. The minimum Gasteiger partial charge on any atom is -0.454 e. The van der Waals surface area contributed by atoms with Crippen LogP contribution in [0.5, 0.6) is 11.5 Å². The first-order valence-corrected chi connectivity index (χ1v) is 10.2. The Bertz CT molecular complexity index is 911. The molecule has 1 aliphatic rings. The van der Waals surface area contributed by atoms with E-state index in [0.29, 0.717) is 24.6 Å². The number of fused-ring (bicyclic) bond motifs is 1. The molecule has 0 radical (unpaired) electrons. The minimum absolute atomic E-state index is 0.0689.